The molecule has 1 nitrogen and oxygen atoms in total. The lowest BCUT2D eigenvalue weighted by Crippen LogP contribution is -2.46. The van der Waals surface area contributed by atoms with Gasteiger partial charge in [-0.3, -0.25) is 4.90 Å². The van der Waals surface area contributed by atoms with Crippen molar-refractivity contribution in [1.29, 1.82) is 0 Å². The molecule has 0 spiro atoms. The molecule has 0 N–H and O–H groups in total. The quantitative estimate of drug-likeness (QED) is 0.636. The third-order valence-electron chi connectivity index (χ3n) is 3.03. The number of rotatable bonds is 2. The molecule has 1 rings (SSSR count). The topological polar surface area (TPSA) is 3.24 Å². The Balaban J connectivity index is 0.00000144. The van der Waals surface area contributed by atoms with Gasteiger partial charge in [-0.25, -0.2) is 0 Å². The van der Waals surface area contributed by atoms with E-state index in [1.807, 2.05) is 0 Å². The summed E-state index contributed by atoms with van der Waals surface area (Å²) in [5.41, 5.74) is 0. The SMILES string of the molecule is C.CC(C)C1CCCCN1C(C)C. The lowest BCUT2D eigenvalue weighted by molar-refractivity contribution is 0.0808. The van der Waals surface area contributed by atoms with Crippen LogP contribution in [0, 0.1) is 5.92 Å². The third-order valence-corrected chi connectivity index (χ3v) is 3.03. The first-order chi connectivity index (χ1) is 5.63. The maximum absolute atomic E-state index is 2.67. The van der Waals surface area contributed by atoms with E-state index < -0.39 is 0 Å². The molecule has 1 unspecified atom stereocenters. The number of likely N-dealkylation sites (tertiary alicyclic amines) is 1. The monoisotopic (exact) mass is 185 g/mol. The number of hydrogen-bond acceptors (Lipinski definition) is 1. The molecular formula is C12H27N. The molecule has 1 heterocycles. The maximum atomic E-state index is 2.67. The number of nitrogens with zero attached hydrogens (tertiary/aromatic N) is 1. The van der Waals surface area contributed by atoms with E-state index in [-0.39, 0.29) is 7.43 Å². The van der Waals surface area contributed by atoms with E-state index in [1.165, 1.54) is 25.8 Å². The Morgan fingerprint density at radius 1 is 1.08 bits per heavy atom. The van der Waals surface area contributed by atoms with Crippen LogP contribution in [0.15, 0.2) is 0 Å². The Bertz CT molecular complexity index is 113. The van der Waals surface area contributed by atoms with Crippen LogP contribution in [0.5, 0.6) is 0 Å². The standard InChI is InChI=1S/C11H23N.CH4/c1-9(2)11-7-5-6-8-12(11)10(3)4;/h9-11H,5-8H2,1-4H3;1H4. The van der Waals surface area contributed by atoms with Gasteiger partial charge in [0.15, 0.2) is 0 Å². The lowest BCUT2D eigenvalue weighted by atomic mass is 9.92. The minimum atomic E-state index is 0. The molecule has 1 aliphatic rings. The fraction of sp³-hybridized carbons (Fsp3) is 1.00. The van der Waals surface area contributed by atoms with E-state index in [0.29, 0.717) is 0 Å². The molecule has 1 saturated heterocycles. The Morgan fingerprint density at radius 3 is 2.08 bits per heavy atom. The van der Waals surface area contributed by atoms with Crippen LogP contribution in [0.25, 0.3) is 0 Å². The zero-order chi connectivity index (χ0) is 9.14. The molecule has 0 aliphatic carbocycles. The summed E-state index contributed by atoms with van der Waals surface area (Å²) in [5.74, 6) is 0.827. The van der Waals surface area contributed by atoms with Crippen LogP contribution in [-0.2, 0) is 0 Å². The first-order valence-electron chi connectivity index (χ1n) is 5.38. The van der Waals surface area contributed by atoms with Gasteiger partial charge >= 0.3 is 0 Å². The van der Waals surface area contributed by atoms with Gasteiger partial charge in [-0.15, -0.1) is 0 Å². The second-order valence-electron chi connectivity index (χ2n) is 4.64. The van der Waals surface area contributed by atoms with Gasteiger partial charge in [0.25, 0.3) is 0 Å². The van der Waals surface area contributed by atoms with E-state index in [0.717, 1.165) is 18.0 Å². The van der Waals surface area contributed by atoms with Crippen molar-refractivity contribution in [3.8, 4) is 0 Å². The minimum Gasteiger partial charge on any atom is -0.298 e. The Hall–Kier alpha value is -0.0400. The van der Waals surface area contributed by atoms with E-state index in [4.69, 9.17) is 0 Å². The number of hydrogen-bond donors (Lipinski definition) is 0. The van der Waals surface area contributed by atoms with Crippen molar-refractivity contribution in [2.75, 3.05) is 6.54 Å². The lowest BCUT2D eigenvalue weighted by Gasteiger charge is -2.40. The average Bonchev–Trinajstić information content (AvgIpc) is 2.04. The predicted molar refractivity (Wildman–Crippen MR) is 61.1 cm³/mol. The van der Waals surface area contributed by atoms with Crippen molar-refractivity contribution in [3.05, 3.63) is 0 Å². The van der Waals surface area contributed by atoms with Crippen molar-refractivity contribution in [2.24, 2.45) is 5.92 Å². The van der Waals surface area contributed by atoms with Crippen molar-refractivity contribution in [1.82, 2.24) is 4.90 Å². The zero-order valence-electron chi connectivity index (χ0n) is 9.01. The van der Waals surface area contributed by atoms with Gasteiger partial charge in [-0.05, 0) is 39.2 Å². The summed E-state index contributed by atoms with van der Waals surface area (Å²) in [6, 6.07) is 1.58. The van der Waals surface area contributed by atoms with E-state index in [1.54, 1.807) is 0 Å². The summed E-state index contributed by atoms with van der Waals surface area (Å²) in [5, 5.41) is 0. The Morgan fingerprint density at radius 2 is 1.69 bits per heavy atom. The maximum Gasteiger partial charge on any atom is 0.0121 e. The van der Waals surface area contributed by atoms with Gasteiger partial charge in [0.1, 0.15) is 0 Å². The molecule has 0 amide bonds. The van der Waals surface area contributed by atoms with Crippen LogP contribution >= 0.6 is 0 Å². The molecular weight excluding hydrogens is 158 g/mol. The van der Waals surface area contributed by atoms with Crippen molar-refractivity contribution >= 4 is 0 Å². The summed E-state index contributed by atoms with van der Waals surface area (Å²) in [6.45, 7) is 10.7. The highest BCUT2D eigenvalue weighted by atomic mass is 15.2. The Labute approximate surface area is 84.5 Å². The van der Waals surface area contributed by atoms with Crippen molar-refractivity contribution in [2.45, 2.75) is 66.5 Å². The fourth-order valence-electron chi connectivity index (χ4n) is 2.34. The van der Waals surface area contributed by atoms with E-state index >= 15 is 0 Å². The van der Waals surface area contributed by atoms with Gasteiger partial charge in [0, 0.05) is 12.1 Å². The minimum absolute atomic E-state index is 0. The predicted octanol–water partition coefficient (Wildman–Crippen LogP) is 3.54. The summed E-state index contributed by atoms with van der Waals surface area (Å²) < 4.78 is 0. The largest absolute Gasteiger partial charge is 0.298 e. The van der Waals surface area contributed by atoms with Crippen molar-refractivity contribution < 1.29 is 0 Å². The molecule has 1 atom stereocenters. The molecule has 0 aromatic rings. The normalized spacial score (nSPS) is 24.9. The smallest absolute Gasteiger partial charge is 0.0121 e. The van der Waals surface area contributed by atoms with Crippen LogP contribution in [0.4, 0.5) is 0 Å². The summed E-state index contributed by atoms with van der Waals surface area (Å²) >= 11 is 0. The highest BCUT2D eigenvalue weighted by Crippen LogP contribution is 2.24. The second kappa shape index (κ2) is 5.64. The molecule has 0 aromatic carbocycles. The molecule has 0 bridgehead atoms. The first-order valence-corrected chi connectivity index (χ1v) is 5.38. The average molecular weight is 185 g/mol. The summed E-state index contributed by atoms with van der Waals surface area (Å²) in [4.78, 5) is 2.67. The highest BCUT2D eigenvalue weighted by molar-refractivity contribution is 4.81. The Kier molecular flexibility index (Phi) is 5.62. The molecule has 80 valence electrons. The van der Waals surface area contributed by atoms with Crippen molar-refractivity contribution in [3.63, 3.8) is 0 Å². The van der Waals surface area contributed by atoms with E-state index in [9.17, 15) is 0 Å². The molecule has 13 heavy (non-hydrogen) atoms. The van der Waals surface area contributed by atoms with Crippen LogP contribution in [-0.4, -0.2) is 23.5 Å². The first kappa shape index (κ1) is 13.0. The molecule has 0 radical (unpaired) electrons. The third kappa shape index (κ3) is 3.30. The summed E-state index contributed by atoms with van der Waals surface area (Å²) in [6.07, 6.45) is 4.25. The molecule has 1 aliphatic heterocycles. The van der Waals surface area contributed by atoms with E-state index in [2.05, 4.69) is 32.6 Å². The fourth-order valence-corrected chi connectivity index (χ4v) is 2.34. The molecule has 0 aromatic heterocycles. The van der Waals surface area contributed by atoms with Crippen LogP contribution < -0.4 is 0 Å². The van der Waals surface area contributed by atoms with Gasteiger partial charge in [0.2, 0.25) is 0 Å². The molecule has 1 heteroatoms. The van der Waals surface area contributed by atoms with Gasteiger partial charge in [-0.1, -0.05) is 27.7 Å². The van der Waals surface area contributed by atoms with Gasteiger partial charge in [0.05, 0.1) is 0 Å². The summed E-state index contributed by atoms with van der Waals surface area (Å²) in [7, 11) is 0. The van der Waals surface area contributed by atoms with Gasteiger partial charge < -0.3 is 0 Å². The number of piperidine rings is 1. The second-order valence-corrected chi connectivity index (χ2v) is 4.64. The highest BCUT2D eigenvalue weighted by Gasteiger charge is 2.26. The molecule has 1 fully saturated rings. The van der Waals surface area contributed by atoms with Crippen LogP contribution in [0.2, 0.25) is 0 Å². The van der Waals surface area contributed by atoms with Crippen LogP contribution in [0.1, 0.15) is 54.4 Å². The van der Waals surface area contributed by atoms with Crippen LogP contribution in [0.3, 0.4) is 0 Å². The van der Waals surface area contributed by atoms with Gasteiger partial charge in [-0.2, -0.15) is 0 Å². The zero-order valence-corrected chi connectivity index (χ0v) is 9.01. The molecule has 0 saturated carbocycles.